The van der Waals surface area contributed by atoms with Crippen LogP contribution in [0.1, 0.15) is 19.8 Å². The molecular weight excluding hydrogens is 223 g/mol. The van der Waals surface area contributed by atoms with E-state index in [9.17, 15) is 0 Å². The lowest BCUT2D eigenvalue weighted by molar-refractivity contribution is 0.896. The van der Waals surface area contributed by atoms with Gasteiger partial charge in [-0.2, -0.15) is 0 Å². The predicted octanol–water partition coefficient (Wildman–Crippen LogP) is 4.89. The van der Waals surface area contributed by atoms with Crippen LogP contribution >= 0.6 is 35.0 Å². The van der Waals surface area contributed by atoms with Crippen LogP contribution < -0.4 is 0 Å². The molecule has 0 saturated carbocycles. The Labute approximate surface area is 93.6 Å². The van der Waals surface area contributed by atoms with Gasteiger partial charge in [-0.3, -0.25) is 0 Å². The molecule has 72 valence electrons. The maximum atomic E-state index is 6.02. The molecule has 0 nitrogen and oxygen atoms in total. The van der Waals surface area contributed by atoms with Crippen molar-refractivity contribution in [1.29, 1.82) is 0 Å². The summed E-state index contributed by atoms with van der Waals surface area (Å²) in [5.74, 6) is 1.11. The average Bonchev–Trinajstić information content (AvgIpc) is 2.13. The molecule has 3 heteroatoms. The molecule has 0 saturated heterocycles. The van der Waals surface area contributed by atoms with Gasteiger partial charge in [0.05, 0.1) is 10.0 Å². The highest BCUT2D eigenvalue weighted by Gasteiger charge is 2.03. The SMILES string of the molecule is CCCCSc1cccc(Cl)c1Cl. The minimum absolute atomic E-state index is 0.642. The van der Waals surface area contributed by atoms with Gasteiger partial charge in [-0.25, -0.2) is 0 Å². The topological polar surface area (TPSA) is 0 Å². The summed E-state index contributed by atoms with van der Waals surface area (Å²) in [5, 5.41) is 1.33. The Kier molecular flexibility index (Phi) is 5.00. The first-order chi connectivity index (χ1) is 6.25. The van der Waals surface area contributed by atoms with Crippen molar-refractivity contribution in [1.82, 2.24) is 0 Å². The fourth-order valence-corrected chi connectivity index (χ4v) is 2.51. The molecule has 13 heavy (non-hydrogen) atoms. The van der Waals surface area contributed by atoms with Crippen molar-refractivity contribution in [2.75, 3.05) is 5.75 Å². The fourth-order valence-electron chi connectivity index (χ4n) is 0.922. The summed E-state index contributed by atoms with van der Waals surface area (Å²) >= 11 is 13.7. The van der Waals surface area contributed by atoms with Crippen LogP contribution in [-0.2, 0) is 0 Å². The Balaban J connectivity index is 2.61. The number of halogens is 2. The zero-order valence-corrected chi connectivity index (χ0v) is 9.85. The third-order valence-electron chi connectivity index (χ3n) is 1.67. The largest absolute Gasteiger partial charge is 0.125 e. The summed E-state index contributed by atoms with van der Waals surface area (Å²) in [6, 6.07) is 5.75. The van der Waals surface area contributed by atoms with E-state index in [4.69, 9.17) is 23.2 Å². The standard InChI is InChI=1S/C10H12Cl2S/c1-2-3-7-13-9-6-4-5-8(11)10(9)12/h4-6H,2-3,7H2,1H3. The minimum atomic E-state index is 0.642. The Morgan fingerprint density at radius 1 is 1.31 bits per heavy atom. The quantitative estimate of drug-likeness (QED) is 0.529. The summed E-state index contributed by atoms with van der Waals surface area (Å²) in [6.07, 6.45) is 2.43. The second-order valence-corrected chi connectivity index (χ2v) is 4.68. The molecule has 0 amide bonds. The number of hydrogen-bond acceptors (Lipinski definition) is 1. The van der Waals surface area contributed by atoms with Gasteiger partial charge in [0.15, 0.2) is 0 Å². The van der Waals surface area contributed by atoms with E-state index in [1.807, 2.05) is 18.2 Å². The van der Waals surface area contributed by atoms with Gasteiger partial charge >= 0.3 is 0 Å². The second kappa shape index (κ2) is 5.79. The number of rotatable bonds is 4. The van der Waals surface area contributed by atoms with Crippen LogP contribution in [0.3, 0.4) is 0 Å². The molecule has 0 atom stereocenters. The van der Waals surface area contributed by atoms with Gasteiger partial charge in [0.25, 0.3) is 0 Å². The van der Waals surface area contributed by atoms with Crippen molar-refractivity contribution < 1.29 is 0 Å². The van der Waals surface area contributed by atoms with Crippen LogP contribution in [0.4, 0.5) is 0 Å². The molecule has 0 aliphatic heterocycles. The van der Waals surface area contributed by atoms with E-state index in [0.29, 0.717) is 10.0 Å². The average molecular weight is 235 g/mol. The molecule has 1 rings (SSSR count). The molecule has 0 heterocycles. The summed E-state index contributed by atoms with van der Waals surface area (Å²) in [6.45, 7) is 2.18. The number of unbranched alkanes of at least 4 members (excludes halogenated alkanes) is 1. The monoisotopic (exact) mass is 234 g/mol. The van der Waals surface area contributed by atoms with Crippen LogP contribution in [-0.4, -0.2) is 5.75 Å². The van der Waals surface area contributed by atoms with E-state index in [1.54, 1.807) is 11.8 Å². The number of benzene rings is 1. The van der Waals surface area contributed by atoms with Crippen molar-refractivity contribution >= 4 is 35.0 Å². The number of thioether (sulfide) groups is 1. The fraction of sp³-hybridized carbons (Fsp3) is 0.400. The molecule has 0 N–H and O–H groups in total. The minimum Gasteiger partial charge on any atom is -0.125 e. The van der Waals surface area contributed by atoms with Gasteiger partial charge in [-0.15, -0.1) is 11.8 Å². The lowest BCUT2D eigenvalue weighted by Crippen LogP contribution is -1.80. The van der Waals surface area contributed by atoms with E-state index in [1.165, 1.54) is 12.8 Å². The van der Waals surface area contributed by atoms with E-state index in [2.05, 4.69) is 6.92 Å². The van der Waals surface area contributed by atoms with Crippen LogP contribution in [0, 0.1) is 0 Å². The van der Waals surface area contributed by atoms with E-state index in [0.717, 1.165) is 10.6 Å². The maximum Gasteiger partial charge on any atom is 0.0728 e. The normalized spacial score (nSPS) is 10.4. The maximum absolute atomic E-state index is 6.02. The smallest absolute Gasteiger partial charge is 0.0728 e. The molecule has 0 unspecified atom stereocenters. The van der Waals surface area contributed by atoms with Crippen molar-refractivity contribution in [3.63, 3.8) is 0 Å². The van der Waals surface area contributed by atoms with Crippen molar-refractivity contribution in [2.24, 2.45) is 0 Å². The van der Waals surface area contributed by atoms with Gasteiger partial charge < -0.3 is 0 Å². The first-order valence-electron chi connectivity index (χ1n) is 4.32. The van der Waals surface area contributed by atoms with E-state index < -0.39 is 0 Å². The molecule has 0 bridgehead atoms. The highest BCUT2D eigenvalue weighted by molar-refractivity contribution is 7.99. The highest BCUT2D eigenvalue weighted by atomic mass is 35.5. The lowest BCUT2D eigenvalue weighted by atomic mass is 10.4. The molecule has 0 aliphatic rings. The molecule has 0 aliphatic carbocycles. The molecule has 0 aromatic heterocycles. The predicted molar refractivity (Wildman–Crippen MR) is 62.1 cm³/mol. The second-order valence-electron chi connectivity index (χ2n) is 2.75. The van der Waals surface area contributed by atoms with Gasteiger partial charge in [-0.05, 0) is 24.3 Å². The van der Waals surface area contributed by atoms with Crippen molar-refractivity contribution in [3.8, 4) is 0 Å². The lowest BCUT2D eigenvalue weighted by Gasteiger charge is -2.04. The third-order valence-corrected chi connectivity index (χ3v) is 3.75. The number of hydrogen-bond donors (Lipinski definition) is 0. The van der Waals surface area contributed by atoms with Crippen molar-refractivity contribution in [2.45, 2.75) is 24.7 Å². The summed E-state index contributed by atoms with van der Waals surface area (Å²) in [7, 11) is 0. The van der Waals surface area contributed by atoms with E-state index in [-0.39, 0.29) is 0 Å². The molecule has 0 fully saturated rings. The summed E-state index contributed by atoms with van der Waals surface area (Å²) < 4.78 is 0. The van der Waals surface area contributed by atoms with Gasteiger partial charge in [-0.1, -0.05) is 42.6 Å². The Morgan fingerprint density at radius 2 is 2.08 bits per heavy atom. The summed E-state index contributed by atoms with van der Waals surface area (Å²) in [4.78, 5) is 1.09. The van der Waals surface area contributed by atoms with Crippen LogP contribution in [0.2, 0.25) is 10.0 Å². The molecule has 1 aromatic carbocycles. The molecule has 1 aromatic rings. The highest BCUT2D eigenvalue weighted by Crippen LogP contribution is 2.33. The zero-order valence-electron chi connectivity index (χ0n) is 7.52. The van der Waals surface area contributed by atoms with Gasteiger partial charge in [0.2, 0.25) is 0 Å². The Hall–Kier alpha value is 0.150. The zero-order chi connectivity index (χ0) is 9.68. The Bertz CT molecular complexity index is 274. The first kappa shape index (κ1) is 11.2. The van der Waals surface area contributed by atoms with Crippen LogP contribution in [0.15, 0.2) is 23.1 Å². The van der Waals surface area contributed by atoms with E-state index >= 15 is 0 Å². The third kappa shape index (κ3) is 3.41. The van der Waals surface area contributed by atoms with Crippen molar-refractivity contribution in [3.05, 3.63) is 28.2 Å². The summed E-state index contributed by atoms with van der Waals surface area (Å²) in [5.41, 5.74) is 0. The first-order valence-corrected chi connectivity index (χ1v) is 6.06. The van der Waals surface area contributed by atoms with Crippen LogP contribution in [0.25, 0.3) is 0 Å². The van der Waals surface area contributed by atoms with Gasteiger partial charge in [0.1, 0.15) is 0 Å². The molecule has 0 radical (unpaired) electrons. The van der Waals surface area contributed by atoms with Crippen LogP contribution in [0.5, 0.6) is 0 Å². The molecule has 0 spiro atoms. The molecular formula is C10H12Cl2S. The van der Waals surface area contributed by atoms with Gasteiger partial charge in [0, 0.05) is 4.90 Å². The Morgan fingerprint density at radius 3 is 2.77 bits per heavy atom.